The molecule has 35 heavy (non-hydrogen) atoms. The number of halogens is 1. The molecule has 0 saturated heterocycles. The smallest absolute Gasteiger partial charge is 0.248 e. The monoisotopic (exact) mass is 527 g/mol. The number of hydrogen-bond donors (Lipinski definition) is 0. The molecule has 5 rings (SSSR count). The normalized spacial score (nSPS) is 10.7. The van der Waals surface area contributed by atoms with Crippen LogP contribution >= 0.6 is 15.9 Å². The van der Waals surface area contributed by atoms with Gasteiger partial charge < -0.3 is 18.8 Å². The second kappa shape index (κ2) is 10.0. The second-order valence-electron chi connectivity index (χ2n) is 7.70. The topological polar surface area (TPSA) is 60.6 Å². The van der Waals surface area contributed by atoms with E-state index in [2.05, 4.69) is 31.0 Å². The predicted octanol–water partition coefficient (Wildman–Crippen LogP) is 7.65. The lowest BCUT2D eigenvalue weighted by atomic mass is 10.1. The van der Waals surface area contributed by atoms with Crippen LogP contribution in [0.15, 0.2) is 106 Å². The number of methoxy groups -OCH3 is 2. The Bertz CT molecular complexity index is 1350. The first-order valence-electron chi connectivity index (χ1n) is 10.9. The highest BCUT2D eigenvalue weighted by Gasteiger charge is 2.15. The first-order valence-corrected chi connectivity index (χ1v) is 11.7. The van der Waals surface area contributed by atoms with E-state index < -0.39 is 0 Å². The van der Waals surface area contributed by atoms with E-state index in [4.69, 9.17) is 13.9 Å². The van der Waals surface area contributed by atoms with E-state index >= 15 is 0 Å². The van der Waals surface area contributed by atoms with Crippen molar-refractivity contribution in [2.75, 3.05) is 19.1 Å². The van der Waals surface area contributed by atoms with E-state index in [0.29, 0.717) is 11.8 Å². The molecule has 1 heterocycles. The molecule has 0 spiro atoms. The summed E-state index contributed by atoms with van der Waals surface area (Å²) in [6, 6.07) is 31.7. The number of hydrogen-bond acceptors (Lipinski definition) is 6. The molecule has 6 nitrogen and oxygen atoms in total. The summed E-state index contributed by atoms with van der Waals surface area (Å²) in [4.78, 5) is 2.16. The maximum atomic E-state index is 5.94. The Morgan fingerprint density at radius 1 is 0.571 bits per heavy atom. The van der Waals surface area contributed by atoms with Crippen molar-refractivity contribution >= 4 is 33.0 Å². The van der Waals surface area contributed by atoms with Crippen molar-refractivity contribution in [2.45, 2.75) is 0 Å². The van der Waals surface area contributed by atoms with Crippen molar-refractivity contribution in [1.82, 2.24) is 10.2 Å². The van der Waals surface area contributed by atoms with Crippen molar-refractivity contribution in [1.29, 1.82) is 0 Å². The van der Waals surface area contributed by atoms with Crippen molar-refractivity contribution in [3.8, 4) is 34.4 Å². The highest BCUT2D eigenvalue weighted by Crippen LogP contribution is 2.37. The molecule has 5 aromatic rings. The number of aromatic nitrogens is 2. The molecule has 0 saturated carbocycles. The van der Waals surface area contributed by atoms with Gasteiger partial charge in [-0.3, -0.25) is 0 Å². The lowest BCUT2D eigenvalue weighted by molar-refractivity contribution is 0.415. The van der Waals surface area contributed by atoms with E-state index in [1.165, 1.54) is 0 Å². The average Bonchev–Trinajstić information content (AvgIpc) is 3.41. The fourth-order valence-corrected chi connectivity index (χ4v) is 3.98. The van der Waals surface area contributed by atoms with Crippen LogP contribution in [0.25, 0.3) is 22.9 Å². The maximum Gasteiger partial charge on any atom is 0.248 e. The summed E-state index contributed by atoms with van der Waals surface area (Å²) >= 11 is 3.44. The van der Waals surface area contributed by atoms with Gasteiger partial charge in [0.25, 0.3) is 0 Å². The first kappa shape index (κ1) is 22.7. The van der Waals surface area contributed by atoms with Crippen LogP contribution in [0.5, 0.6) is 11.5 Å². The van der Waals surface area contributed by atoms with Crippen molar-refractivity contribution in [3.05, 3.63) is 102 Å². The molecule has 0 N–H and O–H groups in total. The molecule has 0 aliphatic heterocycles. The number of benzene rings is 4. The van der Waals surface area contributed by atoms with Crippen LogP contribution in [0.4, 0.5) is 17.1 Å². The summed E-state index contributed by atoms with van der Waals surface area (Å²) in [7, 11) is 3.32. The Morgan fingerprint density at radius 2 is 0.943 bits per heavy atom. The van der Waals surface area contributed by atoms with E-state index in [-0.39, 0.29) is 0 Å². The molecule has 0 unspecified atom stereocenters. The quantitative estimate of drug-likeness (QED) is 0.216. The van der Waals surface area contributed by atoms with Gasteiger partial charge >= 0.3 is 0 Å². The average molecular weight is 528 g/mol. The van der Waals surface area contributed by atoms with E-state index in [1.54, 1.807) is 14.2 Å². The first-order chi connectivity index (χ1) is 17.1. The minimum Gasteiger partial charge on any atom is -0.497 e. The molecular weight excluding hydrogens is 506 g/mol. The van der Waals surface area contributed by atoms with E-state index in [1.807, 2.05) is 97.1 Å². The van der Waals surface area contributed by atoms with Gasteiger partial charge in [-0.1, -0.05) is 15.9 Å². The highest BCUT2D eigenvalue weighted by molar-refractivity contribution is 9.10. The van der Waals surface area contributed by atoms with Gasteiger partial charge in [-0.25, -0.2) is 0 Å². The fraction of sp³-hybridized carbons (Fsp3) is 0.0714. The number of rotatable bonds is 7. The summed E-state index contributed by atoms with van der Waals surface area (Å²) in [5, 5.41) is 8.46. The Balaban J connectivity index is 1.47. The molecule has 1 aromatic heterocycles. The third-order valence-corrected chi connectivity index (χ3v) is 6.08. The third kappa shape index (κ3) is 4.90. The van der Waals surface area contributed by atoms with Crippen molar-refractivity contribution in [2.24, 2.45) is 0 Å². The van der Waals surface area contributed by atoms with Crippen molar-refractivity contribution < 1.29 is 13.9 Å². The van der Waals surface area contributed by atoms with Gasteiger partial charge in [-0.15, -0.1) is 10.2 Å². The molecule has 0 atom stereocenters. The number of nitrogens with zero attached hydrogens (tertiary/aromatic N) is 3. The number of ether oxygens (including phenoxy) is 2. The minimum absolute atomic E-state index is 0.468. The van der Waals surface area contributed by atoms with Gasteiger partial charge in [0.1, 0.15) is 11.5 Å². The minimum atomic E-state index is 0.468. The molecule has 7 heteroatoms. The van der Waals surface area contributed by atoms with Crippen LogP contribution in [0, 0.1) is 0 Å². The summed E-state index contributed by atoms with van der Waals surface area (Å²) in [5.41, 5.74) is 4.69. The molecule has 0 amide bonds. The van der Waals surface area contributed by atoms with Crippen LogP contribution in [0.3, 0.4) is 0 Å². The van der Waals surface area contributed by atoms with Gasteiger partial charge in [0, 0.05) is 32.7 Å². The Labute approximate surface area is 211 Å². The second-order valence-corrected chi connectivity index (χ2v) is 8.61. The van der Waals surface area contributed by atoms with Gasteiger partial charge in [-0.2, -0.15) is 0 Å². The Morgan fingerprint density at radius 3 is 1.34 bits per heavy atom. The molecule has 0 bridgehead atoms. The lowest BCUT2D eigenvalue weighted by Gasteiger charge is -2.25. The zero-order valence-corrected chi connectivity index (χ0v) is 20.8. The summed E-state index contributed by atoms with van der Waals surface area (Å²) in [5.74, 6) is 2.55. The third-order valence-electron chi connectivity index (χ3n) is 5.55. The number of anilines is 3. The predicted molar refractivity (Wildman–Crippen MR) is 141 cm³/mol. The Kier molecular flexibility index (Phi) is 6.50. The molecule has 0 aliphatic carbocycles. The summed E-state index contributed by atoms with van der Waals surface area (Å²) < 4.78 is 17.6. The zero-order valence-electron chi connectivity index (χ0n) is 19.2. The summed E-state index contributed by atoms with van der Waals surface area (Å²) in [6.07, 6.45) is 0. The summed E-state index contributed by atoms with van der Waals surface area (Å²) in [6.45, 7) is 0. The molecular formula is C28H22BrN3O3. The van der Waals surface area contributed by atoms with Crippen LogP contribution in [-0.4, -0.2) is 24.4 Å². The maximum absolute atomic E-state index is 5.94. The van der Waals surface area contributed by atoms with Gasteiger partial charge in [-0.05, 0) is 97.1 Å². The highest BCUT2D eigenvalue weighted by atomic mass is 79.9. The van der Waals surface area contributed by atoms with E-state index in [0.717, 1.165) is 44.2 Å². The molecule has 0 aliphatic rings. The molecule has 174 valence electrons. The van der Waals surface area contributed by atoms with Crippen LogP contribution < -0.4 is 14.4 Å². The molecule has 0 radical (unpaired) electrons. The molecule has 0 fully saturated rings. The Hall–Kier alpha value is -4.10. The van der Waals surface area contributed by atoms with Crippen molar-refractivity contribution in [3.63, 3.8) is 0 Å². The van der Waals surface area contributed by atoms with E-state index in [9.17, 15) is 0 Å². The fourth-order valence-electron chi connectivity index (χ4n) is 3.71. The van der Waals surface area contributed by atoms with Gasteiger partial charge in [0.15, 0.2) is 0 Å². The lowest BCUT2D eigenvalue weighted by Crippen LogP contribution is -2.09. The van der Waals surface area contributed by atoms with Crippen LogP contribution in [0.1, 0.15) is 0 Å². The van der Waals surface area contributed by atoms with Gasteiger partial charge in [0.05, 0.1) is 14.2 Å². The standard InChI is InChI=1S/C28H22BrN3O3/c1-33-25-15-11-23(12-16-25)32(24-13-17-26(34-2)18-14-24)22-9-5-20(6-10-22)28-31-30-27(35-28)19-3-7-21(29)8-4-19/h3-18H,1-2H3. The molecule has 4 aromatic carbocycles. The van der Waals surface area contributed by atoms with Crippen LogP contribution in [-0.2, 0) is 0 Å². The zero-order chi connectivity index (χ0) is 24.2. The SMILES string of the molecule is COc1ccc(N(c2ccc(OC)cc2)c2ccc(-c3nnc(-c4ccc(Br)cc4)o3)cc2)cc1. The largest absolute Gasteiger partial charge is 0.497 e. The van der Waals surface area contributed by atoms with Gasteiger partial charge in [0.2, 0.25) is 11.8 Å². The van der Waals surface area contributed by atoms with Crippen LogP contribution in [0.2, 0.25) is 0 Å².